The number of anilines is 1. The van der Waals surface area contributed by atoms with E-state index in [0.717, 1.165) is 52.1 Å². The Labute approximate surface area is 178 Å². The summed E-state index contributed by atoms with van der Waals surface area (Å²) in [4.78, 5) is 7.29. The van der Waals surface area contributed by atoms with Gasteiger partial charge in [-0.3, -0.25) is 0 Å². The molecule has 154 valence electrons. The number of halogens is 1. The molecular weight excluding hydrogens is 382 g/mol. The molecule has 2 aromatic carbocycles. The number of pyridine rings is 1. The van der Waals surface area contributed by atoms with Crippen LogP contribution >= 0.6 is 11.6 Å². The molecule has 0 spiro atoms. The Hall–Kier alpha value is -2.04. The summed E-state index contributed by atoms with van der Waals surface area (Å²) in [7, 11) is 3.94. The summed E-state index contributed by atoms with van der Waals surface area (Å²) in [6, 6.07) is 12.3. The molecule has 0 saturated heterocycles. The number of hydrogen-bond donors (Lipinski definition) is 1. The predicted molar refractivity (Wildman–Crippen MR) is 123 cm³/mol. The van der Waals surface area contributed by atoms with Gasteiger partial charge in [0.25, 0.3) is 0 Å². The number of hydrogen-bond acceptors (Lipinski definition) is 4. The Kier molecular flexibility index (Phi) is 6.12. The first kappa shape index (κ1) is 20.2. The molecule has 3 aromatic rings. The zero-order chi connectivity index (χ0) is 20.4. The van der Waals surface area contributed by atoms with Crippen LogP contribution in [0.2, 0.25) is 5.02 Å². The van der Waals surface area contributed by atoms with Gasteiger partial charge in [-0.15, -0.1) is 0 Å². The molecule has 4 nitrogen and oxygen atoms in total. The summed E-state index contributed by atoms with van der Waals surface area (Å²) in [6.45, 7) is 4.67. The SMILES string of the molecule is COc1ccc2nc3cc(Cl)ccc3c(NC(C)CCCN(C)CC3CC3)c2c1. The van der Waals surface area contributed by atoms with E-state index in [1.54, 1.807) is 7.11 Å². The third kappa shape index (κ3) is 4.93. The van der Waals surface area contributed by atoms with Gasteiger partial charge in [-0.2, -0.15) is 0 Å². The van der Waals surface area contributed by atoms with Crippen LogP contribution in [-0.4, -0.2) is 43.2 Å². The summed E-state index contributed by atoms with van der Waals surface area (Å²) in [5.74, 6) is 1.79. The second kappa shape index (κ2) is 8.76. The van der Waals surface area contributed by atoms with E-state index in [4.69, 9.17) is 21.3 Å². The fourth-order valence-corrected chi connectivity index (χ4v) is 4.16. The smallest absolute Gasteiger partial charge is 0.119 e. The molecule has 1 aliphatic carbocycles. The van der Waals surface area contributed by atoms with Crippen LogP contribution in [0.1, 0.15) is 32.6 Å². The van der Waals surface area contributed by atoms with Gasteiger partial charge >= 0.3 is 0 Å². The van der Waals surface area contributed by atoms with Gasteiger partial charge in [0.2, 0.25) is 0 Å². The summed E-state index contributed by atoms with van der Waals surface area (Å²) < 4.78 is 5.46. The van der Waals surface area contributed by atoms with E-state index in [2.05, 4.69) is 36.3 Å². The number of nitrogens with one attached hydrogen (secondary N) is 1. The van der Waals surface area contributed by atoms with Gasteiger partial charge in [0, 0.05) is 28.4 Å². The third-order valence-electron chi connectivity index (χ3n) is 5.78. The van der Waals surface area contributed by atoms with Crippen molar-refractivity contribution in [2.45, 2.75) is 38.6 Å². The van der Waals surface area contributed by atoms with Crippen LogP contribution in [0, 0.1) is 5.92 Å². The maximum absolute atomic E-state index is 6.23. The number of aromatic nitrogens is 1. The average molecular weight is 412 g/mol. The van der Waals surface area contributed by atoms with Crippen LogP contribution in [0.25, 0.3) is 21.8 Å². The number of nitrogens with zero attached hydrogens (tertiary/aromatic N) is 2. The van der Waals surface area contributed by atoms with Crippen molar-refractivity contribution >= 4 is 39.1 Å². The van der Waals surface area contributed by atoms with Crippen molar-refractivity contribution in [1.29, 1.82) is 0 Å². The predicted octanol–water partition coefficient (Wildman–Crippen LogP) is 5.97. The maximum Gasteiger partial charge on any atom is 0.119 e. The number of benzene rings is 2. The van der Waals surface area contributed by atoms with Crippen molar-refractivity contribution < 1.29 is 4.74 Å². The first-order valence-corrected chi connectivity index (χ1v) is 10.9. The van der Waals surface area contributed by atoms with Crippen LogP contribution in [0.15, 0.2) is 36.4 Å². The summed E-state index contributed by atoms with van der Waals surface area (Å²) in [5, 5.41) is 6.64. The van der Waals surface area contributed by atoms with E-state index in [-0.39, 0.29) is 0 Å². The maximum atomic E-state index is 6.23. The second-order valence-corrected chi connectivity index (χ2v) is 8.86. The average Bonchev–Trinajstić information content (AvgIpc) is 3.51. The van der Waals surface area contributed by atoms with Gasteiger partial charge in [-0.1, -0.05) is 11.6 Å². The fraction of sp³-hybridized carbons (Fsp3) is 0.458. The van der Waals surface area contributed by atoms with E-state index in [1.807, 2.05) is 24.3 Å². The molecular formula is C24H30ClN3O. The second-order valence-electron chi connectivity index (χ2n) is 8.42. The molecule has 0 amide bonds. The van der Waals surface area contributed by atoms with Crippen LogP contribution in [-0.2, 0) is 0 Å². The molecule has 1 aromatic heterocycles. The largest absolute Gasteiger partial charge is 0.497 e. The minimum absolute atomic E-state index is 0.361. The van der Waals surface area contributed by atoms with Crippen molar-refractivity contribution in [3.8, 4) is 5.75 Å². The molecule has 1 N–H and O–H groups in total. The van der Waals surface area contributed by atoms with Crippen molar-refractivity contribution in [2.75, 3.05) is 32.6 Å². The monoisotopic (exact) mass is 411 g/mol. The molecule has 0 radical (unpaired) electrons. The van der Waals surface area contributed by atoms with E-state index >= 15 is 0 Å². The lowest BCUT2D eigenvalue weighted by Crippen LogP contribution is -2.24. The van der Waals surface area contributed by atoms with Crippen molar-refractivity contribution in [2.24, 2.45) is 5.92 Å². The normalized spacial score (nSPS) is 15.2. The highest BCUT2D eigenvalue weighted by Crippen LogP contribution is 2.35. The standard InChI is InChI=1S/C24H30ClN3O/c1-16(5-4-12-28(2)15-17-6-7-17)26-24-20-10-8-18(25)13-23(20)27-22-11-9-19(29-3)14-21(22)24/h8-11,13-14,16-17H,4-7,12,15H2,1-3H3,(H,26,27). The van der Waals surface area contributed by atoms with Crippen molar-refractivity contribution in [1.82, 2.24) is 9.88 Å². The van der Waals surface area contributed by atoms with E-state index in [9.17, 15) is 0 Å². The van der Waals surface area contributed by atoms with E-state index in [0.29, 0.717) is 11.1 Å². The van der Waals surface area contributed by atoms with Crippen LogP contribution < -0.4 is 10.1 Å². The number of fused-ring (bicyclic) bond motifs is 2. The number of rotatable bonds is 9. The highest BCUT2D eigenvalue weighted by atomic mass is 35.5. The molecule has 0 aliphatic heterocycles. The van der Waals surface area contributed by atoms with Gasteiger partial charge in [0.1, 0.15) is 5.75 Å². The highest BCUT2D eigenvalue weighted by Gasteiger charge is 2.22. The zero-order valence-corrected chi connectivity index (χ0v) is 18.3. The van der Waals surface area contributed by atoms with E-state index < -0.39 is 0 Å². The van der Waals surface area contributed by atoms with Crippen LogP contribution in [0.4, 0.5) is 5.69 Å². The van der Waals surface area contributed by atoms with Gasteiger partial charge in [-0.25, -0.2) is 4.98 Å². The van der Waals surface area contributed by atoms with Crippen LogP contribution in [0.3, 0.4) is 0 Å². The molecule has 1 heterocycles. The van der Waals surface area contributed by atoms with Gasteiger partial charge in [0.05, 0.1) is 23.8 Å². The zero-order valence-electron chi connectivity index (χ0n) is 17.5. The minimum atomic E-state index is 0.361. The molecule has 0 bridgehead atoms. The Bertz CT molecular complexity index is 1000. The van der Waals surface area contributed by atoms with Crippen LogP contribution in [0.5, 0.6) is 5.75 Å². The van der Waals surface area contributed by atoms with Gasteiger partial charge in [-0.05, 0) is 88.5 Å². The molecule has 1 atom stereocenters. The summed E-state index contributed by atoms with van der Waals surface area (Å²) in [5.41, 5.74) is 2.97. The third-order valence-corrected chi connectivity index (χ3v) is 6.01. The topological polar surface area (TPSA) is 37.4 Å². The molecule has 29 heavy (non-hydrogen) atoms. The summed E-state index contributed by atoms with van der Waals surface area (Å²) >= 11 is 6.23. The van der Waals surface area contributed by atoms with Gasteiger partial charge < -0.3 is 15.0 Å². The fourth-order valence-electron chi connectivity index (χ4n) is 4.00. The molecule has 1 unspecified atom stereocenters. The lowest BCUT2D eigenvalue weighted by molar-refractivity contribution is 0.311. The molecule has 1 aliphatic rings. The Balaban J connectivity index is 1.56. The van der Waals surface area contributed by atoms with Crippen molar-refractivity contribution in [3.63, 3.8) is 0 Å². The molecule has 1 saturated carbocycles. The first-order chi connectivity index (χ1) is 14.0. The lowest BCUT2D eigenvalue weighted by atomic mass is 10.1. The molecule has 5 heteroatoms. The van der Waals surface area contributed by atoms with Crippen molar-refractivity contribution in [3.05, 3.63) is 41.4 Å². The quantitative estimate of drug-likeness (QED) is 0.440. The minimum Gasteiger partial charge on any atom is -0.497 e. The highest BCUT2D eigenvalue weighted by molar-refractivity contribution is 6.31. The first-order valence-electron chi connectivity index (χ1n) is 10.6. The number of ether oxygens (including phenoxy) is 1. The van der Waals surface area contributed by atoms with Gasteiger partial charge in [0.15, 0.2) is 0 Å². The lowest BCUT2D eigenvalue weighted by Gasteiger charge is -2.21. The number of methoxy groups -OCH3 is 1. The molecule has 1 fully saturated rings. The van der Waals surface area contributed by atoms with E-state index in [1.165, 1.54) is 25.8 Å². The Morgan fingerprint density at radius 1 is 1.17 bits per heavy atom. The Morgan fingerprint density at radius 2 is 2.00 bits per heavy atom. The molecule has 4 rings (SSSR count). The Morgan fingerprint density at radius 3 is 2.76 bits per heavy atom. The summed E-state index contributed by atoms with van der Waals surface area (Å²) in [6.07, 6.45) is 5.14.